The van der Waals surface area contributed by atoms with Crippen LogP contribution in [0.25, 0.3) is 16.7 Å². The molecule has 4 rings (SSSR count). The number of alkyl halides is 3. The van der Waals surface area contributed by atoms with Crippen molar-refractivity contribution in [2.75, 3.05) is 4.72 Å². The molecule has 3 aromatic heterocycles. The van der Waals surface area contributed by atoms with Crippen molar-refractivity contribution in [3.63, 3.8) is 0 Å². The number of benzene rings is 1. The van der Waals surface area contributed by atoms with Crippen LogP contribution in [0.5, 0.6) is 0 Å². The third-order valence-electron chi connectivity index (χ3n) is 4.31. The molecule has 4 aromatic rings. The Bertz CT molecular complexity index is 1440. The molecule has 3 heterocycles. The van der Waals surface area contributed by atoms with Gasteiger partial charge < -0.3 is 0 Å². The minimum absolute atomic E-state index is 0.147. The van der Waals surface area contributed by atoms with Gasteiger partial charge in [-0.25, -0.2) is 4.98 Å². The highest BCUT2D eigenvalue weighted by Crippen LogP contribution is 2.25. The van der Waals surface area contributed by atoms with Crippen LogP contribution in [0, 0.1) is 0 Å². The Hall–Kier alpha value is -3.41. The van der Waals surface area contributed by atoms with E-state index in [4.69, 9.17) is 0 Å². The van der Waals surface area contributed by atoms with Gasteiger partial charge in [-0.05, 0) is 29.8 Å². The molecule has 0 aliphatic heterocycles. The fourth-order valence-corrected chi connectivity index (χ4v) is 3.50. The van der Waals surface area contributed by atoms with Gasteiger partial charge in [0.25, 0.3) is 11.1 Å². The molecule has 150 valence electrons. The molecule has 0 spiro atoms. The first kappa shape index (κ1) is 18.9. The van der Waals surface area contributed by atoms with Crippen LogP contribution >= 0.6 is 0 Å². The van der Waals surface area contributed by atoms with Crippen LogP contribution in [0.1, 0.15) is 5.56 Å². The molecule has 1 N–H and O–H groups in total. The van der Waals surface area contributed by atoms with Crippen molar-refractivity contribution in [3.8, 4) is 0 Å². The zero-order valence-corrected chi connectivity index (χ0v) is 15.2. The summed E-state index contributed by atoms with van der Waals surface area (Å²) >= 11 is 0. The summed E-state index contributed by atoms with van der Waals surface area (Å²) in [6.07, 6.45) is 1.36. The van der Waals surface area contributed by atoms with Gasteiger partial charge in [-0.2, -0.15) is 21.6 Å². The number of hydrogen-bond donors (Lipinski definition) is 1. The summed E-state index contributed by atoms with van der Waals surface area (Å²) in [6, 6.07) is 9.71. The predicted molar refractivity (Wildman–Crippen MR) is 98.6 cm³/mol. The van der Waals surface area contributed by atoms with Crippen molar-refractivity contribution < 1.29 is 21.6 Å². The predicted octanol–water partition coefficient (Wildman–Crippen LogP) is 1.76. The first-order valence-corrected chi connectivity index (χ1v) is 9.57. The van der Waals surface area contributed by atoms with E-state index in [0.717, 1.165) is 16.7 Å². The third kappa shape index (κ3) is 3.10. The standard InChI is InChI=1S/C17H11F3N4O4S/c18-17(19,20)29(27,28)22-11-6-4-10(5-7-11)9-23-15(25)12-2-1-3-14-21-8-13(16(23)26)24(12)14/h1-8,22H,9H2. The van der Waals surface area contributed by atoms with Gasteiger partial charge in [0.1, 0.15) is 16.7 Å². The van der Waals surface area contributed by atoms with Crippen LogP contribution in [0.15, 0.2) is 58.3 Å². The lowest BCUT2D eigenvalue weighted by atomic mass is 10.2. The molecule has 0 unspecified atom stereocenters. The fraction of sp³-hybridized carbons (Fsp3) is 0.118. The topological polar surface area (TPSA) is 103 Å². The molecule has 1 aromatic carbocycles. The second-order valence-corrected chi connectivity index (χ2v) is 7.87. The maximum atomic E-state index is 12.7. The van der Waals surface area contributed by atoms with Crippen LogP contribution in [-0.4, -0.2) is 27.9 Å². The zero-order valence-electron chi connectivity index (χ0n) is 14.3. The Morgan fingerprint density at radius 3 is 2.28 bits per heavy atom. The smallest absolute Gasteiger partial charge is 0.283 e. The minimum atomic E-state index is -5.54. The number of nitrogens with zero attached hydrogens (tertiary/aromatic N) is 3. The number of anilines is 1. The summed E-state index contributed by atoms with van der Waals surface area (Å²) in [4.78, 5) is 29.5. The summed E-state index contributed by atoms with van der Waals surface area (Å²) in [5, 5.41) is 0. The number of sulfonamides is 1. The largest absolute Gasteiger partial charge is 0.516 e. The van der Waals surface area contributed by atoms with Gasteiger partial charge in [0.15, 0.2) is 0 Å². The summed E-state index contributed by atoms with van der Waals surface area (Å²) < 4.78 is 63.5. The van der Waals surface area contributed by atoms with Crippen molar-refractivity contribution >= 4 is 32.4 Å². The van der Waals surface area contributed by atoms with Crippen molar-refractivity contribution in [2.45, 2.75) is 12.1 Å². The first-order chi connectivity index (χ1) is 13.6. The summed E-state index contributed by atoms with van der Waals surface area (Å²) in [5.41, 5.74) is -5.51. The second-order valence-electron chi connectivity index (χ2n) is 6.19. The van der Waals surface area contributed by atoms with Gasteiger partial charge >= 0.3 is 15.5 Å². The number of nitrogens with one attached hydrogen (secondary N) is 1. The molecule has 0 amide bonds. The molecule has 0 fully saturated rings. The normalized spacial score (nSPS) is 12.7. The van der Waals surface area contributed by atoms with Crippen molar-refractivity contribution in [3.05, 3.63) is 74.9 Å². The lowest BCUT2D eigenvalue weighted by Crippen LogP contribution is -2.35. The van der Waals surface area contributed by atoms with Crippen LogP contribution in [0.2, 0.25) is 0 Å². The Kier molecular flexibility index (Phi) is 4.12. The van der Waals surface area contributed by atoms with E-state index in [1.54, 1.807) is 18.2 Å². The lowest BCUT2D eigenvalue weighted by Gasteiger charge is -2.11. The SMILES string of the molecule is O=c1c2cccc3ncc(c(=O)n1Cc1ccc(NS(=O)(=O)C(F)(F)F)cc1)n32. The number of halogens is 3. The van der Waals surface area contributed by atoms with E-state index in [1.165, 1.54) is 27.5 Å². The maximum absolute atomic E-state index is 12.7. The van der Waals surface area contributed by atoms with Crippen LogP contribution in [0.3, 0.4) is 0 Å². The van der Waals surface area contributed by atoms with Crippen LogP contribution < -0.4 is 15.8 Å². The van der Waals surface area contributed by atoms with E-state index in [1.807, 2.05) is 0 Å². The lowest BCUT2D eigenvalue weighted by molar-refractivity contribution is -0.0429. The highest BCUT2D eigenvalue weighted by atomic mass is 32.2. The Balaban J connectivity index is 1.70. The highest BCUT2D eigenvalue weighted by Gasteiger charge is 2.46. The summed E-state index contributed by atoms with van der Waals surface area (Å²) in [7, 11) is -5.54. The second kappa shape index (κ2) is 6.30. The Morgan fingerprint density at radius 2 is 1.62 bits per heavy atom. The van der Waals surface area contributed by atoms with Gasteiger partial charge in [-0.15, -0.1) is 0 Å². The van der Waals surface area contributed by atoms with Crippen LogP contribution in [0.4, 0.5) is 18.9 Å². The number of hydrogen-bond acceptors (Lipinski definition) is 5. The highest BCUT2D eigenvalue weighted by molar-refractivity contribution is 7.93. The van der Waals surface area contributed by atoms with Gasteiger partial charge in [-0.3, -0.25) is 23.3 Å². The molecular formula is C17H11F3N4O4S. The molecule has 0 radical (unpaired) electrons. The first-order valence-electron chi connectivity index (χ1n) is 8.09. The van der Waals surface area contributed by atoms with Crippen LogP contribution in [-0.2, 0) is 16.6 Å². The van der Waals surface area contributed by atoms with Gasteiger partial charge in [0.05, 0.1) is 12.7 Å². The van der Waals surface area contributed by atoms with E-state index >= 15 is 0 Å². The van der Waals surface area contributed by atoms with Gasteiger partial charge in [0, 0.05) is 5.69 Å². The van der Waals surface area contributed by atoms with E-state index in [9.17, 15) is 31.2 Å². The van der Waals surface area contributed by atoms with E-state index in [2.05, 4.69) is 4.98 Å². The number of rotatable bonds is 4. The third-order valence-corrected chi connectivity index (χ3v) is 5.42. The molecule has 12 heteroatoms. The quantitative estimate of drug-likeness (QED) is 0.538. The average molecular weight is 424 g/mol. The Morgan fingerprint density at radius 1 is 0.966 bits per heavy atom. The summed E-state index contributed by atoms with van der Waals surface area (Å²) in [6.45, 7) is -0.147. The molecular weight excluding hydrogens is 413 g/mol. The van der Waals surface area contributed by atoms with Crippen molar-refractivity contribution in [2.24, 2.45) is 0 Å². The summed E-state index contributed by atoms with van der Waals surface area (Å²) in [5.74, 6) is 0. The minimum Gasteiger partial charge on any atom is -0.283 e. The zero-order chi connectivity index (χ0) is 21.0. The van der Waals surface area contributed by atoms with E-state index in [-0.39, 0.29) is 23.3 Å². The number of pyridine rings is 1. The molecule has 8 nitrogen and oxygen atoms in total. The van der Waals surface area contributed by atoms with E-state index in [0.29, 0.717) is 11.2 Å². The Labute approximate surface area is 160 Å². The molecule has 0 aliphatic rings. The van der Waals surface area contributed by atoms with Gasteiger partial charge in [0.2, 0.25) is 0 Å². The van der Waals surface area contributed by atoms with Crippen molar-refractivity contribution in [1.29, 1.82) is 0 Å². The molecule has 0 atom stereocenters. The maximum Gasteiger partial charge on any atom is 0.516 e. The van der Waals surface area contributed by atoms with Crippen molar-refractivity contribution in [1.82, 2.24) is 14.0 Å². The molecule has 0 saturated heterocycles. The molecule has 0 aliphatic carbocycles. The molecule has 29 heavy (non-hydrogen) atoms. The fourth-order valence-electron chi connectivity index (χ4n) is 2.94. The molecule has 0 saturated carbocycles. The average Bonchev–Trinajstić information content (AvgIpc) is 3.09. The van der Waals surface area contributed by atoms with Gasteiger partial charge in [-0.1, -0.05) is 18.2 Å². The van der Waals surface area contributed by atoms with E-state index < -0.39 is 26.7 Å². The molecule has 0 bridgehead atoms. The number of imidazole rings is 1. The number of aromatic nitrogens is 3. The monoisotopic (exact) mass is 424 g/mol.